The molecule has 0 radical (unpaired) electrons. The van der Waals surface area contributed by atoms with E-state index in [0.717, 1.165) is 57.5 Å². The molecule has 0 saturated carbocycles. The number of guanidine groups is 1. The molecular formula is C21H31IN4O2S. The predicted molar refractivity (Wildman–Crippen MR) is 131 cm³/mol. The first kappa shape index (κ1) is 23.9. The number of aliphatic imine (C=N–C) groups is 1. The number of rotatable bonds is 8. The van der Waals surface area contributed by atoms with Crippen molar-refractivity contribution in [1.29, 1.82) is 0 Å². The second kappa shape index (κ2) is 13.0. The lowest BCUT2D eigenvalue weighted by Crippen LogP contribution is -2.46. The molecular weight excluding hydrogens is 499 g/mol. The van der Waals surface area contributed by atoms with Gasteiger partial charge in [0, 0.05) is 38.1 Å². The van der Waals surface area contributed by atoms with Crippen LogP contribution in [0.5, 0.6) is 5.75 Å². The Bertz CT molecular complexity index is 736. The Hall–Kier alpha value is -1.36. The number of thiophene rings is 1. The van der Waals surface area contributed by atoms with Crippen LogP contribution >= 0.6 is 35.3 Å². The second-order valence-corrected chi connectivity index (χ2v) is 7.60. The Morgan fingerprint density at radius 1 is 1.21 bits per heavy atom. The highest BCUT2D eigenvalue weighted by Gasteiger charge is 2.23. The summed E-state index contributed by atoms with van der Waals surface area (Å²) in [7, 11) is 3.52. The summed E-state index contributed by atoms with van der Waals surface area (Å²) in [5, 5.41) is 9.06. The quantitative estimate of drug-likeness (QED) is 0.312. The smallest absolute Gasteiger partial charge is 0.191 e. The molecule has 0 amide bonds. The molecule has 1 fully saturated rings. The van der Waals surface area contributed by atoms with Crippen molar-refractivity contribution in [3.05, 3.63) is 52.2 Å². The molecule has 1 aliphatic rings. The fourth-order valence-corrected chi connectivity index (χ4v) is 4.28. The summed E-state index contributed by atoms with van der Waals surface area (Å²) in [5.74, 6) is 1.75. The van der Waals surface area contributed by atoms with Gasteiger partial charge < -0.3 is 20.1 Å². The van der Waals surface area contributed by atoms with Crippen molar-refractivity contribution in [3.8, 4) is 5.75 Å². The topological polar surface area (TPSA) is 58.1 Å². The maximum Gasteiger partial charge on any atom is 0.191 e. The van der Waals surface area contributed by atoms with Gasteiger partial charge in [-0.15, -0.1) is 35.3 Å². The molecule has 1 atom stereocenters. The number of hydrogen-bond donors (Lipinski definition) is 2. The molecule has 1 aliphatic heterocycles. The van der Waals surface area contributed by atoms with E-state index in [4.69, 9.17) is 9.47 Å². The van der Waals surface area contributed by atoms with Crippen molar-refractivity contribution < 1.29 is 9.47 Å². The van der Waals surface area contributed by atoms with E-state index in [1.165, 1.54) is 10.4 Å². The number of hydrogen-bond acceptors (Lipinski definition) is 5. The molecule has 3 rings (SSSR count). The molecule has 8 heteroatoms. The van der Waals surface area contributed by atoms with E-state index in [1.807, 2.05) is 25.2 Å². The first-order chi connectivity index (χ1) is 13.8. The number of morpholine rings is 1. The third-order valence-electron chi connectivity index (χ3n) is 4.92. The average molecular weight is 530 g/mol. The van der Waals surface area contributed by atoms with Crippen LogP contribution in [0.15, 0.2) is 46.8 Å². The van der Waals surface area contributed by atoms with Crippen LogP contribution in [0.25, 0.3) is 0 Å². The van der Waals surface area contributed by atoms with Crippen molar-refractivity contribution in [2.45, 2.75) is 12.5 Å². The highest BCUT2D eigenvalue weighted by atomic mass is 127. The van der Waals surface area contributed by atoms with E-state index in [0.29, 0.717) is 6.04 Å². The van der Waals surface area contributed by atoms with Gasteiger partial charge in [-0.1, -0.05) is 24.3 Å². The SMILES string of the molecule is CN=C(NCCc1ccccc1OC)NCC(c1cccs1)N1CCOCC1.I. The summed E-state index contributed by atoms with van der Waals surface area (Å²) in [5.41, 5.74) is 1.19. The van der Waals surface area contributed by atoms with Gasteiger partial charge in [-0.3, -0.25) is 9.89 Å². The maximum atomic E-state index is 5.52. The summed E-state index contributed by atoms with van der Waals surface area (Å²) in [6.07, 6.45) is 0.878. The van der Waals surface area contributed by atoms with Crippen LogP contribution in [0, 0.1) is 0 Å². The van der Waals surface area contributed by atoms with Gasteiger partial charge in [-0.05, 0) is 29.5 Å². The predicted octanol–water partition coefficient (Wildman–Crippen LogP) is 3.16. The molecule has 2 N–H and O–H groups in total. The zero-order valence-electron chi connectivity index (χ0n) is 17.1. The summed E-state index contributed by atoms with van der Waals surface area (Å²) >= 11 is 1.81. The lowest BCUT2D eigenvalue weighted by Gasteiger charge is -2.34. The molecule has 1 unspecified atom stereocenters. The fourth-order valence-electron chi connectivity index (χ4n) is 3.42. The standard InChI is InChI=1S/C21H30N4O2S.HI/c1-22-21(23-10-9-17-6-3-4-7-19(17)26-2)24-16-18(20-8-5-15-28-20)25-11-13-27-14-12-25;/h3-8,15,18H,9-14,16H2,1-2H3,(H2,22,23,24);1H. The molecule has 0 spiro atoms. The van der Waals surface area contributed by atoms with Gasteiger partial charge in [0.05, 0.1) is 26.4 Å². The van der Waals surface area contributed by atoms with Crippen LogP contribution in [0.2, 0.25) is 0 Å². The average Bonchev–Trinajstić information content (AvgIpc) is 3.28. The Kier molecular flexibility index (Phi) is 10.8. The molecule has 2 aromatic rings. The molecule has 0 bridgehead atoms. The second-order valence-electron chi connectivity index (χ2n) is 6.62. The minimum atomic E-state index is 0. The van der Waals surface area contributed by atoms with Gasteiger partial charge in [0.25, 0.3) is 0 Å². The van der Waals surface area contributed by atoms with E-state index in [2.05, 4.69) is 44.1 Å². The Morgan fingerprint density at radius 3 is 2.69 bits per heavy atom. The highest BCUT2D eigenvalue weighted by molar-refractivity contribution is 14.0. The molecule has 1 aromatic heterocycles. The summed E-state index contributed by atoms with van der Waals surface area (Å²) in [4.78, 5) is 8.25. The highest BCUT2D eigenvalue weighted by Crippen LogP contribution is 2.25. The van der Waals surface area contributed by atoms with Crippen LogP contribution in [0.3, 0.4) is 0 Å². The molecule has 1 aromatic carbocycles. The lowest BCUT2D eigenvalue weighted by molar-refractivity contribution is 0.0177. The van der Waals surface area contributed by atoms with E-state index in [9.17, 15) is 0 Å². The third kappa shape index (κ3) is 7.13. The minimum Gasteiger partial charge on any atom is -0.496 e. The van der Waals surface area contributed by atoms with Gasteiger partial charge in [0.1, 0.15) is 5.75 Å². The zero-order chi connectivity index (χ0) is 19.6. The summed E-state index contributed by atoms with van der Waals surface area (Å²) < 4.78 is 11.0. The number of nitrogens with one attached hydrogen (secondary N) is 2. The number of ether oxygens (including phenoxy) is 2. The van der Waals surface area contributed by atoms with Crippen LogP contribution in [-0.4, -0.2) is 64.4 Å². The Morgan fingerprint density at radius 2 is 2.00 bits per heavy atom. The largest absolute Gasteiger partial charge is 0.496 e. The van der Waals surface area contributed by atoms with Crippen molar-refractivity contribution in [3.63, 3.8) is 0 Å². The minimum absolute atomic E-state index is 0. The van der Waals surface area contributed by atoms with Gasteiger partial charge in [0.2, 0.25) is 0 Å². The molecule has 2 heterocycles. The van der Waals surface area contributed by atoms with Gasteiger partial charge in [0.15, 0.2) is 5.96 Å². The normalized spacial score (nSPS) is 16.0. The van der Waals surface area contributed by atoms with Crippen LogP contribution in [0.4, 0.5) is 0 Å². The van der Waals surface area contributed by atoms with Gasteiger partial charge in [-0.2, -0.15) is 0 Å². The fraction of sp³-hybridized carbons (Fsp3) is 0.476. The first-order valence-corrected chi connectivity index (χ1v) is 10.6. The van der Waals surface area contributed by atoms with Crippen molar-refractivity contribution in [1.82, 2.24) is 15.5 Å². The molecule has 160 valence electrons. The monoisotopic (exact) mass is 530 g/mol. The van der Waals surface area contributed by atoms with Crippen LogP contribution in [-0.2, 0) is 11.2 Å². The lowest BCUT2D eigenvalue weighted by atomic mass is 10.1. The molecule has 6 nitrogen and oxygen atoms in total. The van der Waals surface area contributed by atoms with E-state index in [-0.39, 0.29) is 24.0 Å². The van der Waals surface area contributed by atoms with Gasteiger partial charge >= 0.3 is 0 Å². The Balaban J connectivity index is 0.00000300. The van der Waals surface area contributed by atoms with E-state index < -0.39 is 0 Å². The van der Waals surface area contributed by atoms with Crippen molar-refractivity contribution >= 4 is 41.3 Å². The van der Waals surface area contributed by atoms with Crippen LogP contribution in [0.1, 0.15) is 16.5 Å². The third-order valence-corrected chi connectivity index (χ3v) is 5.90. The summed E-state index contributed by atoms with van der Waals surface area (Å²) in [6.45, 7) is 5.13. The van der Waals surface area contributed by atoms with Gasteiger partial charge in [-0.25, -0.2) is 0 Å². The van der Waals surface area contributed by atoms with Crippen molar-refractivity contribution in [2.75, 3.05) is 53.6 Å². The number of nitrogens with zero attached hydrogens (tertiary/aromatic N) is 2. The number of para-hydroxylation sites is 1. The zero-order valence-corrected chi connectivity index (χ0v) is 20.2. The molecule has 0 aliphatic carbocycles. The maximum absolute atomic E-state index is 5.52. The number of halogens is 1. The molecule has 29 heavy (non-hydrogen) atoms. The summed E-state index contributed by atoms with van der Waals surface area (Å²) in [6, 6.07) is 12.8. The van der Waals surface area contributed by atoms with E-state index in [1.54, 1.807) is 18.4 Å². The number of methoxy groups -OCH3 is 1. The van der Waals surface area contributed by atoms with Crippen LogP contribution < -0.4 is 15.4 Å². The first-order valence-electron chi connectivity index (χ1n) is 9.73. The van der Waals surface area contributed by atoms with E-state index >= 15 is 0 Å². The Labute approximate surface area is 194 Å². The number of benzene rings is 1. The van der Waals surface area contributed by atoms with Crippen molar-refractivity contribution in [2.24, 2.45) is 4.99 Å². The molecule has 1 saturated heterocycles.